The van der Waals surface area contributed by atoms with Crippen molar-refractivity contribution in [2.24, 2.45) is 0 Å². The van der Waals surface area contributed by atoms with E-state index in [9.17, 15) is 4.79 Å². The second-order valence-corrected chi connectivity index (χ2v) is 6.00. The summed E-state index contributed by atoms with van der Waals surface area (Å²) in [5.41, 5.74) is 1.69. The molecular weight excluding hydrogens is 278 g/mol. The van der Waals surface area contributed by atoms with Crippen molar-refractivity contribution < 1.29 is 4.79 Å². The van der Waals surface area contributed by atoms with E-state index >= 15 is 0 Å². The van der Waals surface area contributed by atoms with Crippen LogP contribution in [0.1, 0.15) is 29.6 Å². The second-order valence-electron chi connectivity index (χ2n) is 6.00. The average molecular weight is 297 g/mol. The Balaban J connectivity index is 1.57. The zero-order valence-electron chi connectivity index (χ0n) is 12.3. The molecule has 2 aromatic rings. The summed E-state index contributed by atoms with van der Waals surface area (Å²) in [6.07, 6.45) is 4.78. The number of carbonyl (C=O) groups excluding carboxylic acids is 1. The van der Waals surface area contributed by atoms with Crippen LogP contribution in [0.2, 0.25) is 0 Å². The van der Waals surface area contributed by atoms with Gasteiger partial charge >= 0.3 is 0 Å². The van der Waals surface area contributed by atoms with Crippen molar-refractivity contribution >= 4 is 5.91 Å². The van der Waals surface area contributed by atoms with Gasteiger partial charge in [-0.1, -0.05) is 12.1 Å². The number of hydrogen-bond acceptors (Lipinski definition) is 4. The first-order chi connectivity index (χ1) is 10.8. The van der Waals surface area contributed by atoms with Gasteiger partial charge in [-0.15, -0.1) is 0 Å². The quantitative estimate of drug-likeness (QED) is 0.879. The van der Waals surface area contributed by atoms with Crippen LogP contribution in [0, 0.1) is 0 Å². The Bertz CT molecular complexity index is 638. The van der Waals surface area contributed by atoms with Crippen molar-refractivity contribution in [2.45, 2.75) is 31.3 Å². The van der Waals surface area contributed by atoms with E-state index in [1.54, 1.807) is 0 Å². The maximum Gasteiger partial charge on any atom is 0.254 e. The fourth-order valence-corrected chi connectivity index (χ4v) is 3.58. The molecule has 0 saturated carbocycles. The molecule has 22 heavy (non-hydrogen) atoms. The first-order valence-corrected chi connectivity index (χ1v) is 7.82. The van der Waals surface area contributed by atoms with Gasteiger partial charge < -0.3 is 10.2 Å². The summed E-state index contributed by atoms with van der Waals surface area (Å²) < 4.78 is 0. The first-order valence-electron chi connectivity index (χ1n) is 7.82. The maximum atomic E-state index is 12.9. The highest BCUT2D eigenvalue weighted by molar-refractivity contribution is 5.95. The monoisotopic (exact) mass is 297 g/mol. The van der Waals surface area contributed by atoms with Crippen molar-refractivity contribution in [1.29, 1.82) is 0 Å². The molecule has 2 N–H and O–H groups in total. The van der Waals surface area contributed by atoms with Crippen LogP contribution in [0.15, 0.2) is 30.6 Å². The van der Waals surface area contributed by atoms with Crippen molar-refractivity contribution in [2.75, 3.05) is 13.1 Å². The summed E-state index contributed by atoms with van der Waals surface area (Å²) in [7, 11) is 0. The van der Waals surface area contributed by atoms with Crippen LogP contribution in [0.3, 0.4) is 0 Å². The predicted octanol–water partition coefficient (Wildman–Crippen LogP) is 1.44. The molecule has 6 heteroatoms. The van der Waals surface area contributed by atoms with Gasteiger partial charge in [0.05, 0.1) is 0 Å². The number of rotatable bonds is 2. The minimum atomic E-state index is 0.153. The van der Waals surface area contributed by atoms with Gasteiger partial charge in [0, 0.05) is 29.8 Å². The Kier molecular flexibility index (Phi) is 3.38. The predicted molar refractivity (Wildman–Crippen MR) is 82.3 cm³/mol. The molecule has 0 unspecified atom stereocenters. The maximum absolute atomic E-state index is 12.9. The number of fused-ring (bicyclic) bond motifs is 2. The van der Waals surface area contributed by atoms with E-state index in [4.69, 9.17) is 0 Å². The van der Waals surface area contributed by atoms with Gasteiger partial charge in [-0.25, -0.2) is 4.98 Å². The molecule has 2 aliphatic rings. The number of nitrogens with zero attached hydrogens (tertiary/aromatic N) is 3. The van der Waals surface area contributed by atoms with Gasteiger partial charge in [-0.3, -0.25) is 9.89 Å². The molecule has 1 aromatic carbocycles. The normalized spacial score (nSPS) is 24.3. The number of hydrogen-bond donors (Lipinski definition) is 2. The second kappa shape index (κ2) is 5.53. The van der Waals surface area contributed by atoms with Crippen molar-refractivity contribution in [1.82, 2.24) is 25.4 Å². The van der Waals surface area contributed by atoms with E-state index in [1.807, 2.05) is 24.3 Å². The number of amides is 1. The van der Waals surface area contributed by atoms with Gasteiger partial charge in [-0.2, -0.15) is 5.10 Å². The molecule has 2 fully saturated rings. The van der Waals surface area contributed by atoms with Crippen molar-refractivity contribution in [3.8, 4) is 11.4 Å². The molecule has 0 aliphatic carbocycles. The van der Waals surface area contributed by atoms with E-state index in [1.165, 1.54) is 6.33 Å². The van der Waals surface area contributed by atoms with Crippen LogP contribution in [0.25, 0.3) is 11.4 Å². The summed E-state index contributed by atoms with van der Waals surface area (Å²) in [4.78, 5) is 19.1. The summed E-state index contributed by atoms with van der Waals surface area (Å²) >= 11 is 0. The highest BCUT2D eigenvalue weighted by atomic mass is 16.2. The average Bonchev–Trinajstić information content (AvgIpc) is 3.14. The third-order valence-corrected chi connectivity index (χ3v) is 4.71. The van der Waals surface area contributed by atoms with Crippen LogP contribution in [-0.4, -0.2) is 51.2 Å². The lowest BCUT2D eigenvalue weighted by Crippen LogP contribution is -2.42. The molecule has 114 valence electrons. The largest absolute Gasteiger partial charge is 0.331 e. The minimum absolute atomic E-state index is 0.153. The topological polar surface area (TPSA) is 73.9 Å². The highest BCUT2D eigenvalue weighted by Crippen LogP contribution is 2.29. The third-order valence-electron chi connectivity index (χ3n) is 4.71. The third kappa shape index (κ3) is 2.29. The summed E-state index contributed by atoms with van der Waals surface area (Å²) in [5, 5.41) is 10.1. The van der Waals surface area contributed by atoms with E-state index in [0.29, 0.717) is 12.1 Å². The molecule has 3 heterocycles. The lowest BCUT2D eigenvalue weighted by molar-refractivity contribution is 0.0680. The van der Waals surface area contributed by atoms with Crippen LogP contribution < -0.4 is 5.32 Å². The summed E-state index contributed by atoms with van der Waals surface area (Å²) in [5.74, 6) is 0.873. The Labute approximate surface area is 128 Å². The van der Waals surface area contributed by atoms with Crippen LogP contribution in [0.5, 0.6) is 0 Å². The number of H-pyrrole nitrogens is 1. The number of aromatic amines is 1. The number of benzene rings is 1. The molecule has 4 rings (SSSR count). The first kappa shape index (κ1) is 13.5. The fourth-order valence-electron chi connectivity index (χ4n) is 3.58. The summed E-state index contributed by atoms with van der Waals surface area (Å²) in [6.45, 7) is 1.92. The Hall–Kier alpha value is -2.21. The summed E-state index contributed by atoms with van der Waals surface area (Å²) in [6, 6.07) is 8.35. The molecule has 2 bridgehead atoms. The van der Waals surface area contributed by atoms with Crippen LogP contribution in [0.4, 0.5) is 0 Å². The fraction of sp³-hybridized carbons (Fsp3) is 0.438. The SMILES string of the molecule is O=C(c1ccc(-c2ncn[nH]2)cc1)N1[C@@H]2CCNC[C@H]1CC2. The van der Waals surface area contributed by atoms with E-state index in [2.05, 4.69) is 25.4 Å². The molecule has 2 atom stereocenters. The van der Waals surface area contributed by atoms with Crippen LogP contribution in [-0.2, 0) is 0 Å². The number of carbonyl (C=O) groups is 1. The van der Waals surface area contributed by atoms with Gasteiger partial charge in [0.2, 0.25) is 0 Å². The molecule has 1 amide bonds. The molecule has 2 saturated heterocycles. The number of nitrogens with one attached hydrogen (secondary N) is 2. The molecular formula is C16H19N5O. The van der Waals surface area contributed by atoms with E-state index < -0.39 is 0 Å². The molecule has 0 radical (unpaired) electrons. The van der Waals surface area contributed by atoms with E-state index in [0.717, 1.165) is 49.3 Å². The minimum Gasteiger partial charge on any atom is -0.331 e. The molecule has 6 nitrogen and oxygen atoms in total. The molecule has 1 aromatic heterocycles. The van der Waals surface area contributed by atoms with Crippen LogP contribution >= 0.6 is 0 Å². The zero-order valence-corrected chi connectivity index (χ0v) is 12.3. The molecule has 2 aliphatic heterocycles. The van der Waals surface area contributed by atoms with Crippen molar-refractivity contribution in [3.05, 3.63) is 36.2 Å². The van der Waals surface area contributed by atoms with E-state index in [-0.39, 0.29) is 5.91 Å². The van der Waals surface area contributed by atoms with Gasteiger partial charge in [-0.05, 0) is 37.9 Å². The highest BCUT2D eigenvalue weighted by Gasteiger charge is 2.38. The van der Waals surface area contributed by atoms with Gasteiger partial charge in [0.15, 0.2) is 5.82 Å². The lowest BCUT2D eigenvalue weighted by Gasteiger charge is -2.28. The Morgan fingerprint density at radius 3 is 2.73 bits per heavy atom. The molecule has 0 spiro atoms. The number of aromatic nitrogens is 3. The Morgan fingerprint density at radius 2 is 1.95 bits per heavy atom. The Morgan fingerprint density at radius 1 is 1.14 bits per heavy atom. The van der Waals surface area contributed by atoms with Crippen molar-refractivity contribution in [3.63, 3.8) is 0 Å². The standard InChI is InChI=1S/C16H19N5O/c22-16(21-13-5-6-14(21)9-17-8-7-13)12-3-1-11(2-4-12)15-18-10-19-20-15/h1-4,10,13-14,17H,5-9H2,(H,18,19,20)/t13-,14+/m0/s1. The zero-order chi connectivity index (χ0) is 14.9. The van der Waals surface area contributed by atoms with Gasteiger partial charge in [0.25, 0.3) is 5.91 Å². The smallest absolute Gasteiger partial charge is 0.254 e. The van der Waals surface area contributed by atoms with Gasteiger partial charge in [0.1, 0.15) is 6.33 Å². The lowest BCUT2D eigenvalue weighted by atomic mass is 10.1.